The second-order valence-corrected chi connectivity index (χ2v) is 4.27. The Bertz CT molecular complexity index is 492. The molecule has 0 saturated carbocycles. The van der Waals surface area contributed by atoms with Gasteiger partial charge in [-0.2, -0.15) is 0 Å². The van der Waals surface area contributed by atoms with Crippen LogP contribution in [0.5, 0.6) is 5.75 Å². The Morgan fingerprint density at radius 3 is 2.74 bits per heavy atom. The van der Waals surface area contributed by atoms with Gasteiger partial charge in [-0.25, -0.2) is 0 Å². The predicted octanol–water partition coefficient (Wildman–Crippen LogP) is 2.34. The standard InChI is InChI=1S/C11H13BrN2O5/c1-3-19-11(15)6-13-8-4-7(12)10(18-2)5-9(8)14(16)17/h4-5,13H,3,6H2,1-2H3. The molecule has 7 nitrogen and oxygen atoms in total. The minimum atomic E-state index is -0.553. The summed E-state index contributed by atoms with van der Waals surface area (Å²) in [6.07, 6.45) is 0. The van der Waals surface area contributed by atoms with Crippen LogP contribution in [0.1, 0.15) is 6.92 Å². The van der Waals surface area contributed by atoms with Crippen molar-refractivity contribution >= 4 is 33.3 Å². The molecule has 0 bridgehead atoms. The van der Waals surface area contributed by atoms with Crippen LogP contribution in [0.3, 0.4) is 0 Å². The van der Waals surface area contributed by atoms with Crippen LogP contribution in [0.4, 0.5) is 11.4 Å². The lowest BCUT2D eigenvalue weighted by Crippen LogP contribution is -2.17. The van der Waals surface area contributed by atoms with Gasteiger partial charge in [-0.1, -0.05) is 0 Å². The molecular weight excluding hydrogens is 320 g/mol. The van der Waals surface area contributed by atoms with E-state index in [4.69, 9.17) is 9.47 Å². The fourth-order valence-corrected chi connectivity index (χ4v) is 1.88. The molecular formula is C11H13BrN2O5. The molecule has 1 aromatic carbocycles. The van der Waals surface area contributed by atoms with Gasteiger partial charge in [0, 0.05) is 0 Å². The number of nitrogens with one attached hydrogen (secondary N) is 1. The highest BCUT2D eigenvalue weighted by molar-refractivity contribution is 9.10. The fourth-order valence-electron chi connectivity index (χ4n) is 1.37. The Kier molecular flexibility index (Phi) is 5.56. The second-order valence-electron chi connectivity index (χ2n) is 3.42. The molecule has 0 fully saturated rings. The number of nitro benzene ring substituents is 1. The van der Waals surface area contributed by atoms with Gasteiger partial charge in [-0.15, -0.1) is 0 Å². The number of nitrogens with zero attached hydrogens (tertiary/aromatic N) is 1. The fraction of sp³-hybridized carbons (Fsp3) is 0.364. The van der Waals surface area contributed by atoms with Crippen LogP contribution in [0.2, 0.25) is 0 Å². The molecule has 0 amide bonds. The van der Waals surface area contributed by atoms with Gasteiger partial charge in [0.25, 0.3) is 5.69 Å². The third-order valence-electron chi connectivity index (χ3n) is 2.20. The highest BCUT2D eigenvalue weighted by atomic mass is 79.9. The van der Waals surface area contributed by atoms with Crippen LogP contribution in [0, 0.1) is 10.1 Å². The number of hydrogen-bond donors (Lipinski definition) is 1. The van der Waals surface area contributed by atoms with Crippen LogP contribution >= 0.6 is 15.9 Å². The molecule has 19 heavy (non-hydrogen) atoms. The van der Waals surface area contributed by atoms with E-state index >= 15 is 0 Å². The first-order valence-corrected chi connectivity index (χ1v) is 6.20. The second kappa shape index (κ2) is 6.93. The van der Waals surface area contributed by atoms with E-state index in [1.54, 1.807) is 6.92 Å². The smallest absolute Gasteiger partial charge is 0.325 e. The molecule has 1 rings (SSSR count). The molecule has 1 aromatic rings. The molecule has 104 valence electrons. The van der Waals surface area contributed by atoms with Gasteiger partial charge in [0.05, 0.1) is 29.2 Å². The Hall–Kier alpha value is -1.83. The summed E-state index contributed by atoms with van der Waals surface area (Å²) in [7, 11) is 1.41. The van der Waals surface area contributed by atoms with Gasteiger partial charge in [-0.3, -0.25) is 14.9 Å². The summed E-state index contributed by atoms with van der Waals surface area (Å²) in [6.45, 7) is 1.80. The van der Waals surface area contributed by atoms with Crippen LogP contribution in [0.15, 0.2) is 16.6 Å². The third-order valence-corrected chi connectivity index (χ3v) is 2.82. The average Bonchev–Trinajstić information content (AvgIpc) is 2.36. The largest absolute Gasteiger partial charge is 0.495 e. The number of carbonyl (C=O) groups excluding carboxylic acids is 1. The predicted molar refractivity (Wildman–Crippen MR) is 72.5 cm³/mol. The van der Waals surface area contributed by atoms with Crippen molar-refractivity contribution in [3.8, 4) is 5.75 Å². The van der Waals surface area contributed by atoms with E-state index in [-0.39, 0.29) is 24.5 Å². The number of benzene rings is 1. The number of halogens is 1. The first kappa shape index (κ1) is 15.2. The molecule has 0 aliphatic carbocycles. The number of carbonyl (C=O) groups is 1. The topological polar surface area (TPSA) is 90.7 Å². The van der Waals surface area contributed by atoms with Crippen molar-refractivity contribution in [3.05, 3.63) is 26.7 Å². The molecule has 0 heterocycles. The van der Waals surface area contributed by atoms with Crippen molar-refractivity contribution in [2.75, 3.05) is 25.6 Å². The molecule has 0 aliphatic heterocycles. The first-order valence-electron chi connectivity index (χ1n) is 5.41. The van der Waals surface area contributed by atoms with Crippen molar-refractivity contribution in [1.82, 2.24) is 0 Å². The summed E-state index contributed by atoms with van der Waals surface area (Å²) in [5.74, 6) is -0.142. The van der Waals surface area contributed by atoms with Crippen molar-refractivity contribution in [2.24, 2.45) is 0 Å². The summed E-state index contributed by atoms with van der Waals surface area (Å²) in [5, 5.41) is 13.6. The Morgan fingerprint density at radius 1 is 1.53 bits per heavy atom. The SMILES string of the molecule is CCOC(=O)CNc1cc(Br)c(OC)cc1[N+](=O)[O-]. The Labute approximate surface area is 118 Å². The van der Waals surface area contributed by atoms with E-state index in [0.717, 1.165) is 0 Å². The summed E-state index contributed by atoms with van der Waals surface area (Å²) in [4.78, 5) is 21.6. The number of hydrogen-bond acceptors (Lipinski definition) is 6. The van der Waals surface area contributed by atoms with Crippen LogP contribution in [-0.2, 0) is 9.53 Å². The monoisotopic (exact) mass is 332 g/mol. The molecule has 0 saturated heterocycles. The van der Waals surface area contributed by atoms with Crippen molar-refractivity contribution in [3.63, 3.8) is 0 Å². The zero-order valence-electron chi connectivity index (χ0n) is 10.4. The third kappa shape index (κ3) is 4.09. The molecule has 0 aliphatic rings. The highest BCUT2D eigenvalue weighted by Gasteiger charge is 2.18. The van der Waals surface area contributed by atoms with E-state index in [0.29, 0.717) is 10.2 Å². The molecule has 0 spiro atoms. The average molecular weight is 333 g/mol. The normalized spacial score (nSPS) is 9.84. The lowest BCUT2D eigenvalue weighted by atomic mass is 10.2. The van der Waals surface area contributed by atoms with Crippen LogP contribution in [0.25, 0.3) is 0 Å². The molecule has 0 unspecified atom stereocenters. The van der Waals surface area contributed by atoms with Crippen molar-refractivity contribution < 1.29 is 19.2 Å². The van der Waals surface area contributed by atoms with E-state index in [9.17, 15) is 14.9 Å². The quantitative estimate of drug-likeness (QED) is 0.488. The van der Waals surface area contributed by atoms with Gasteiger partial charge < -0.3 is 14.8 Å². The maximum atomic E-state index is 11.2. The molecule has 8 heteroatoms. The highest BCUT2D eigenvalue weighted by Crippen LogP contribution is 2.35. The first-order chi connectivity index (χ1) is 8.99. The van der Waals surface area contributed by atoms with E-state index < -0.39 is 10.9 Å². The van der Waals surface area contributed by atoms with Crippen molar-refractivity contribution in [2.45, 2.75) is 6.92 Å². The van der Waals surface area contributed by atoms with Crippen molar-refractivity contribution in [1.29, 1.82) is 0 Å². The van der Waals surface area contributed by atoms with Gasteiger partial charge in [-0.05, 0) is 28.9 Å². The maximum absolute atomic E-state index is 11.2. The Morgan fingerprint density at radius 2 is 2.21 bits per heavy atom. The zero-order valence-corrected chi connectivity index (χ0v) is 12.0. The van der Waals surface area contributed by atoms with Gasteiger partial charge >= 0.3 is 5.97 Å². The van der Waals surface area contributed by atoms with Gasteiger partial charge in [0.15, 0.2) is 0 Å². The molecule has 0 aromatic heterocycles. The van der Waals surface area contributed by atoms with E-state index in [1.165, 1.54) is 19.2 Å². The van der Waals surface area contributed by atoms with E-state index in [1.807, 2.05) is 0 Å². The lowest BCUT2D eigenvalue weighted by Gasteiger charge is -2.09. The number of rotatable bonds is 6. The number of methoxy groups -OCH3 is 1. The number of ether oxygens (including phenoxy) is 2. The van der Waals surface area contributed by atoms with Crippen LogP contribution < -0.4 is 10.1 Å². The molecule has 0 atom stereocenters. The number of esters is 1. The molecule has 0 radical (unpaired) electrons. The van der Waals surface area contributed by atoms with E-state index in [2.05, 4.69) is 21.2 Å². The number of anilines is 1. The zero-order chi connectivity index (χ0) is 14.4. The molecule has 1 N–H and O–H groups in total. The van der Waals surface area contributed by atoms with Gasteiger partial charge in [0.1, 0.15) is 18.0 Å². The van der Waals surface area contributed by atoms with Crippen LogP contribution in [-0.4, -0.2) is 31.2 Å². The Balaban J connectivity index is 2.95. The minimum absolute atomic E-state index is 0.145. The lowest BCUT2D eigenvalue weighted by molar-refractivity contribution is -0.384. The minimum Gasteiger partial charge on any atom is -0.495 e. The summed E-state index contributed by atoms with van der Waals surface area (Å²) >= 11 is 3.22. The maximum Gasteiger partial charge on any atom is 0.325 e. The summed E-state index contributed by atoms with van der Waals surface area (Å²) in [6, 6.07) is 2.76. The number of nitro groups is 1. The van der Waals surface area contributed by atoms with Gasteiger partial charge in [0.2, 0.25) is 0 Å². The summed E-state index contributed by atoms with van der Waals surface area (Å²) < 4.78 is 10.3. The summed E-state index contributed by atoms with van der Waals surface area (Å²) in [5.41, 5.74) is 0.0371.